The average molecular weight is 440 g/mol. The number of hydrogen-bond donors (Lipinski definition) is 1. The van der Waals surface area contributed by atoms with Gasteiger partial charge in [-0.25, -0.2) is 18.7 Å². The minimum absolute atomic E-state index is 0.0641. The molecule has 6 nitrogen and oxygen atoms in total. The first-order chi connectivity index (χ1) is 13.2. The smallest absolute Gasteiger partial charge is 0.335 e. The minimum Gasteiger partial charge on any atom is -0.335 e. The Balaban J connectivity index is 2.38. The summed E-state index contributed by atoms with van der Waals surface area (Å²) in [7, 11) is 0.708. The van der Waals surface area contributed by atoms with Crippen LogP contribution in [0.1, 0.15) is 11.5 Å². The van der Waals surface area contributed by atoms with Crippen LogP contribution in [0.2, 0.25) is 0 Å². The van der Waals surface area contributed by atoms with Crippen LogP contribution >= 0.6 is 12.2 Å². The zero-order chi connectivity index (χ0) is 21.9. The first-order valence-corrected chi connectivity index (χ1v) is 7.84. The molecule has 0 saturated carbocycles. The summed E-state index contributed by atoms with van der Waals surface area (Å²) < 4.78 is 91.5. The van der Waals surface area contributed by atoms with E-state index < -0.39 is 56.8 Å². The van der Waals surface area contributed by atoms with Gasteiger partial charge in [-0.05, 0) is 12.1 Å². The molecule has 1 aromatic carbocycles. The largest absolute Gasteiger partial charge is 0.449 e. The number of aromatic amines is 1. The molecule has 0 bridgehead atoms. The summed E-state index contributed by atoms with van der Waals surface area (Å²) in [6.45, 7) is 0. The molecule has 154 valence electrons. The van der Waals surface area contributed by atoms with E-state index in [2.05, 4.69) is 4.98 Å². The van der Waals surface area contributed by atoms with Crippen LogP contribution in [-0.4, -0.2) is 19.1 Å². The highest BCUT2D eigenvalue weighted by Gasteiger charge is 2.36. The van der Waals surface area contributed by atoms with E-state index in [1.54, 1.807) is 0 Å². The zero-order valence-corrected chi connectivity index (χ0v) is 14.8. The number of halogens is 7. The molecule has 1 N–H and O–H groups in total. The van der Waals surface area contributed by atoms with Crippen molar-refractivity contribution in [2.75, 3.05) is 0 Å². The molecule has 3 aromatic rings. The number of nitrogens with zero attached hydrogens (tertiary/aromatic N) is 3. The summed E-state index contributed by atoms with van der Waals surface area (Å²) in [5.74, 6) is -2.79. The highest BCUT2D eigenvalue weighted by molar-refractivity contribution is 7.71. The Bertz CT molecular complexity index is 1320. The van der Waals surface area contributed by atoms with E-state index >= 15 is 0 Å². The lowest BCUT2D eigenvalue weighted by atomic mass is 10.2. The third-order valence-corrected chi connectivity index (χ3v) is 4.22. The lowest BCUT2D eigenvalue weighted by molar-refractivity contribution is -0.145. The van der Waals surface area contributed by atoms with E-state index in [4.69, 9.17) is 12.2 Å². The molecule has 3 rings (SSSR count). The summed E-state index contributed by atoms with van der Waals surface area (Å²) in [6, 6.07) is 1.36. The first kappa shape index (κ1) is 20.7. The normalized spacial score (nSPS) is 12.6. The summed E-state index contributed by atoms with van der Waals surface area (Å²) >= 11 is 4.70. The number of nitrogens with one attached hydrogen (secondary N) is 1. The third-order valence-electron chi connectivity index (χ3n) is 3.90. The standard InChI is InChI=1S/C15H7F7N4O2S/c1-25-9(14(17,18)19)4-10(27)26(13(25)28)8-3-7-5(2-6(8)16)11(29)24-12(23-7)15(20,21)22/h2-4H,1H3,(H,23,24,29). The lowest BCUT2D eigenvalue weighted by Gasteiger charge is -2.15. The van der Waals surface area contributed by atoms with Crippen LogP contribution in [-0.2, 0) is 19.4 Å². The molecule has 0 radical (unpaired) electrons. The van der Waals surface area contributed by atoms with Crippen LogP contribution in [0.4, 0.5) is 30.7 Å². The van der Waals surface area contributed by atoms with Crippen molar-refractivity contribution in [2.45, 2.75) is 12.4 Å². The van der Waals surface area contributed by atoms with Crippen molar-refractivity contribution in [1.82, 2.24) is 19.1 Å². The Morgan fingerprint density at radius 1 is 1.03 bits per heavy atom. The molecule has 0 aliphatic rings. The molecule has 0 aliphatic carbocycles. The Morgan fingerprint density at radius 2 is 1.66 bits per heavy atom. The van der Waals surface area contributed by atoms with Crippen molar-refractivity contribution in [3.05, 3.63) is 61.0 Å². The predicted octanol–water partition coefficient (Wildman–Crippen LogP) is 3.32. The second-order valence-corrected chi connectivity index (χ2v) is 6.17. The number of H-pyrrole nitrogens is 1. The van der Waals surface area contributed by atoms with Gasteiger partial charge in [0.05, 0.1) is 11.2 Å². The van der Waals surface area contributed by atoms with Gasteiger partial charge in [0, 0.05) is 18.5 Å². The zero-order valence-electron chi connectivity index (χ0n) is 13.9. The fourth-order valence-electron chi connectivity index (χ4n) is 2.58. The van der Waals surface area contributed by atoms with E-state index in [-0.39, 0.29) is 20.6 Å². The van der Waals surface area contributed by atoms with E-state index in [0.717, 1.165) is 0 Å². The summed E-state index contributed by atoms with van der Waals surface area (Å²) in [6.07, 6.45) is -9.97. The van der Waals surface area contributed by atoms with Gasteiger partial charge in [0.1, 0.15) is 16.2 Å². The Morgan fingerprint density at radius 3 is 2.21 bits per heavy atom. The van der Waals surface area contributed by atoms with Gasteiger partial charge in [-0.2, -0.15) is 26.3 Å². The SMILES string of the molecule is Cn1c(C(F)(F)F)cc(=O)n(-c2cc3[nH]c(C(F)(F)F)nc(=S)c3cc2F)c1=O. The monoisotopic (exact) mass is 440 g/mol. The number of aromatic nitrogens is 4. The van der Waals surface area contributed by atoms with E-state index in [9.17, 15) is 40.3 Å². The van der Waals surface area contributed by atoms with E-state index in [1.165, 1.54) is 0 Å². The minimum atomic E-state index is -5.04. The molecular weight excluding hydrogens is 433 g/mol. The van der Waals surface area contributed by atoms with Gasteiger partial charge >= 0.3 is 18.0 Å². The molecule has 0 spiro atoms. The molecule has 0 aliphatic heterocycles. The van der Waals surface area contributed by atoms with Crippen LogP contribution in [0, 0.1) is 10.5 Å². The fraction of sp³-hybridized carbons (Fsp3) is 0.200. The molecule has 14 heteroatoms. The Labute approximate surface area is 159 Å². The van der Waals surface area contributed by atoms with E-state index in [1.807, 2.05) is 4.98 Å². The van der Waals surface area contributed by atoms with E-state index in [0.29, 0.717) is 19.2 Å². The van der Waals surface area contributed by atoms with Crippen molar-refractivity contribution >= 4 is 23.1 Å². The summed E-state index contributed by atoms with van der Waals surface area (Å²) in [5.41, 5.74) is -5.94. The molecule has 2 aromatic heterocycles. The predicted molar refractivity (Wildman–Crippen MR) is 87.7 cm³/mol. The maximum atomic E-state index is 14.5. The maximum Gasteiger partial charge on any atom is 0.449 e. The van der Waals surface area contributed by atoms with Gasteiger partial charge in [-0.1, -0.05) is 12.2 Å². The number of alkyl halides is 6. The number of hydrogen-bond acceptors (Lipinski definition) is 4. The summed E-state index contributed by atoms with van der Waals surface area (Å²) in [4.78, 5) is 29.3. The first-order valence-electron chi connectivity index (χ1n) is 7.43. The molecule has 0 atom stereocenters. The van der Waals surface area contributed by atoms with Crippen LogP contribution in [0.25, 0.3) is 16.6 Å². The highest BCUT2D eigenvalue weighted by atomic mass is 32.1. The van der Waals surface area contributed by atoms with Crippen molar-refractivity contribution in [3.8, 4) is 5.69 Å². The van der Waals surface area contributed by atoms with Crippen LogP contribution in [0.3, 0.4) is 0 Å². The number of fused-ring (bicyclic) bond motifs is 1. The molecule has 0 amide bonds. The number of rotatable bonds is 1. The molecular formula is C15H7F7N4O2S. The van der Waals surface area contributed by atoms with Crippen LogP contribution in [0.15, 0.2) is 27.8 Å². The molecule has 0 saturated heterocycles. The highest BCUT2D eigenvalue weighted by Crippen LogP contribution is 2.29. The van der Waals surface area contributed by atoms with Gasteiger partial charge in [0.2, 0.25) is 5.82 Å². The molecule has 0 unspecified atom stereocenters. The van der Waals surface area contributed by atoms with Crippen molar-refractivity contribution < 1.29 is 30.7 Å². The quantitative estimate of drug-likeness (QED) is 0.466. The van der Waals surface area contributed by atoms with Crippen molar-refractivity contribution in [1.29, 1.82) is 0 Å². The van der Waals surface area contributed by atoms with Crippen molar-refractivity contribution in [2.24, 2.45) is 7.05 Å². The van der Waals surface area contributed by atoms with Gasteiger partial charge in [0.15, 0.2) is 0 Å². The van der Waals surface area contributed by atoms with Crippen LogP contribution in [0.5, 0.6) is 0 Å². The van der Waals surface area contributed by atoms with Gasteiger partial charge in [-0.3, -0.25) is 9.36 Å². The third kappa shape index (κ3) is 3.54. The van der Waals surface area contributed by atoms with Crippen molar-refractivity contribution in [3.63, 3.8) is 0 Å². The molecule has 29 heavy (non-hydrogen) atoms. The topological polar surface area (TPSA) is 72.7 Å². The summed E-state index contributed by atoms with van der Waals surface area (Å²) in [5, 5.41) is -0.258. The molecule has 2 heterocycles. The van der Waals surface area contributed by atoms with Gasteiger partial charge < -0.3 is 4.98 Å². The fourth-order valence-corrected chi connectivity index (χ4v) is 2.84. The second-order valence-electron chi connectivity index (χ2n) is 5.78. The maximum absolute atomic E-state index is 14.5. The van der Waals surface area contributed by atoms with Crippen LogP contribution < -0.4 is 11.2 Å². The van der Waals surface area contributed by atoms with Gasteiger partial charge in [0.25, 0.3) is 5.56 Å². The average Bonchev–Trinajstić information content (AvgIpc) is 2.57. The Hall–Kier alpha value is -3.03. The number of benzene rings is 1. The lowest BCUT2D eigenvalue weighted by Crippen LogP contribution is -2.41. The van der Waals surface area contributed by atoms with Gasteiger partial charge in [-0.15, -0.1) is 0 Å². The second kappa shape index (κ2) is 6.50. The Kier molecular flexibility index (Phi) is 4.64. The molecule has 0 fully saturated rings.